The number of carboxylic acid groups (broad SMARTS) is 1. The van der Waals surface area contributed by atoms with Crippen LogP contribution in [0.15, 0.2) is 43.0 Å². The number of allylic oxidation sites excluding steroid dienone is 1. The molecule has 2 unspecified atom stereocenters. The molecule has 5 heteroatoms. The van der Waals surface area contributed by atoms with Gasteiger partial charge in [-0.2, -0.15) is 0 Å². The van der Waals surface area contributed by atoms with E-state index in [0.29, 0.717) is 6.42 Å². The molecule has 0 heterocycles. The lowest BCUT2D eigenvalue weighted by Crippen LogP contribution is -2.45. The Morgan fingerprint density at radius 2 is 2.05 bits per heavy atom. The molecule has 0 spiro atoms. The van der Waals surface area contributed by atoms with Gasteiger partial charge in [-0.15, -0.1) is 6.58 Å². The summed E-state index contributed by atoms with van der Waals surface area (Å²) in [7, 11) is 0. The van der Waals surface area contributed by atoms with Crippen molar-refractivity contribution < 1.29 is 19.4 Å². The monoisotopic (exact) mass is 277 g/mol. The minimum absolute atomic E-state index is 0.106. The summed E-state index contributed by atoms with van der Waals surface area (Å²) in [5.41, 5.74) is 0.841. The first-order valence-corrected chi connectivity index (χ1v) is 6.35. The molecule has 0 saturated carbocycles. The second-order valence-electron chi connectivity index (χ2n) is 4.52. The molecule has 0 radical (unpaired) electrons. The smallest absolute Gasteiger partial charge is 0.408 e. The van der Waals surface area contributed by atoms with Crippen LogP contribution in [-0.4, -0.2) is 23.2 Å². The van der Waals surface area contributed by atoms with E-state index < -0.39 is 18.1 Å². The molecule has 2 N–H and O–H groups in total. The number of ether oxygens (including phenoxy) is 1. The van der Waals surface area contributed by atoms with E-state index in [9.17, 15) is 9.59 Å². The van der Waals surface area contributed by atoms with Crippen molar-refractivity contribution in [3.63, 3.8) is 0 Å². The summed E-state index contributed by atoms with van der Waals surface area (Å²) in [6.45, 7) is 5.40. The van der Waals surface area contributed by atoms with E-state index in [1.165, 1.54) is 0 Å². The Morgan fingerprint density at radius 1 is 1.40 bits per heavy atom. The molecule has 0 aliphatic rings. The highest BCUT2D eigenvalue weighted by atomic mass is 16.5. The van der Waals surface area contributed by atoms with Gasteiger partial charge in [-0.1, -0.05) is 43.3 Å². The van der Waals surface area contributed by atoms with Crippen molar-refractivity contribution in [2.24, 2.45) is 5.92 Å². The highest BCUT2D eigenvalue weighted by Crippen LogP contribution is 2.10. The maximum absolute atomic E-state index is 11.6. The van der Waals surface area contributed by atoms with Gasteiger partial charge < -0.3 is 15.2 Å². The molecule has 0 aliphatic heterocycles. The standard InChI is InChI=1S/C15H19NO4/c1-3-7-11(2)13(14(17)18)16-15(19)20-10-12-8-5-4-6-9-12/h3-6,8-9,11,13H,1,7,10H2,2H3,(H,16,19)(H,17,18). The molecular weight excluding hydrogens is 258 g/mol. The quantitative estimate of drug-likeness (QED) is 0.751. The summed E-state index contributed by atoms with van der Waals surface area (Å²) >= 11 is 0. The fourth-order valence-corrected chi connectivity index (χ4v) is 1.74. The van der Waals surface area contributed by atoms with Crippen LogP contribution in [0, 0.1) is 5.92 Å². The average molecular weight is 277 g/mol. The van der Waals surface area contributed by atoms with Crippen LogP contribution in [0.25, 0.3) is 0 Å². The van der Waals surface area contributed by atoms with Crippen molar-refractivity contribution in [2.45, 2.75) is 26.0 Å². The molecule has 1 amide bonds. The van der Waals surface area contributed by atoms with E-state index in [2.05, 4.69) is 11.9 Å². The van der Waals surface area contributed by atoms with Gasteiger partial charge in [0.15, 0.2) is 0 Å². The number of carbonyl (C=O) groups excluding carboxylic acids is 1. The lowest BCUT2D eigenvalue weighted by atomic mass is 9.99. The predicted octanol–water partition coefficient (Wildman–Crippen LogP) is 2.58. The second kappa shape index (κ2) is 7.99. The van der Waals surface area contributed by atoms with Crippen LogP contribution in [-0.2, 0) is 16.1 Å². The molecule has 1 aromatic rings. The summed E-state index contributed by atoms with van der Waals surface area (Å²) in [4.78, 5) is 22.7. The van der Waals surface area contributed by atoms with Gasteiger partial charge in [0.05, 0.1) is 0 Å². The van der Waals surface area contributed by atoms with E-state index in [0.717, 1.165) is 5.56 Å². The number of aliphatic carboxylic acids is 1. The largest absolute Gasteiger partial charge is 0.480 e. The first-order valence-electron chi connectivity index (χ1n) is 6.35. The summed E-state index contributed by atoms with van der Waals surface area (Å²) < 4.78 is 5.00. The van der Waals surface area contributed by atoms with Crippen molar-refractivity contribution in [3.8, 4) is 0 Å². The first-order chi connectivity index (χ1) is 9.54. The third-order valence-corrected chi connectivity index (χ3v) is 2.86. The van der Waals surface area contributed by atoms with E-state index in [1.807, 2.05) is 30.3 Å². The Morgan fingerprint density at radius 3 is 2.60 bits per heavy atom. The molecule has 0 aromatic heterocycles. The zero-order chi connectivity index (χ0) is 15.0. The van der Waals surface area contributed by atoms with Crippen molar-refractivity contribution in [2.75, 3.05) is 0 Å². The fourth-order valence-electron chi connectivity index (χ4n) is 1.74. The van der Waals surface area contributed by atoms with Crippen LogP contribution >= 0.6 is 0 Å². The highest BCUT2D eigenvalue weighted by molar-refractivity contribution is 5.80. The van der Waals surface area contributed by atoms with Crippen molar-refractivity contribution in [1.29, 1.82) is 0 Å². The maximum atomic E-state index is 11.6. The lowest BCUT2D eigenvalue weighted by Gasteiger charge is -2.20. The maximum Gasteiger partial charge on any atom is 0.408 e. The summed E-state index contributed by atoms with van der Waals surface area (Å²) in [6, 6.07) is 8.19. The fraction of sp³-hybridized carbons (Fsp3) is 0.333. The van der Waals surface area contributed by atoms with Gasteiger partial charge in [-0.05, 0) is 17.9 Å². The van der Waals surface area contributed by atoms with E-state index in [4.69, 9.17) is 9.84 Å². The zero-order valence-electron chi connectivity index (χ0n) is 11.4. The van der Waals surface area contributed by atoms with Crippen LogP contribution < -0.4 is 5.32 Å². The number of benzene rings is 1. The number of rotatable bonds is 7. The number of hydrogen-bond donors (Lipinski definition) is 2. The second-order valence-corrected chi connectivity index (χ2v) is 4.52. The Bertz CT molecular complexity index is 458. The number of alkyl carbamates (subject to hydrolysis) is 1. The van der Waals surface area contributed by atoms with Crippen molar-refractivity contribution >= 4 is 12.1 Å². The molecule has 5 nitrogen and oxygen atoms in total. The number of hydrogen-bond acceptors (Lipinski definition) is 3. The van der Waals surface area contributed by atoms with Gasteiger partial charge in [-0.3, -0.25) is 0 Å². The first kappa shape index (κ1) is 15.8. The van der Waals surface area contributed by atoms with Gasteiger partial charge in [0.2, 0.25) is 0 Å². The van der Waals surface area contributed by atoms with Crippen molar-refractivity contribution in [3.05, 3.63) is 48.6 Å². The van der Waals surface area contributed by atoms with E-state index in [1.54, 1.807) is 13.0 Å². The predicted molar refractivity (Wildman–Crippen MR) is 75.2 cm³/mol. The molecular formula is C15H19NO4. The van der Waals surface area contributed by atoms with Gasteiger partial charge in [-0.25, -0.2) is 9.59 Å². The number of carboxylic acids is 1. The average Bonchev–Trinajstić information content (AvgIpc) is 2.43. The number of amides is 1. The Hall–Kier alpha value is -2.30. The summed E-state index contributed by atoms with van der Waals surface area (Å²) in [5.74, 6) is -1.34. The molecule has 0 bridgehead atoms. The minimum atomic E-state index is -1.09. The molecule has 1 rings (SSSR count). The highest BCUT2D eigenvalue weighted by Gasteiger charge is 2.26. The third kappa shape index (κ3) is 5.14. The summed E-state index contributed by atoms with van der Waals surface area (Å²) in [5, 5.41) is 11.5. The van der Waals surface area contributed by atoms with Crippen LogP contribution in [0.4, 0.5) is 4.79 Å². The van der Waals surface area contributed by atoms with Gasteiger partial charge in [0, 0.05) is 0 Å². The zero-order valence-corrected chi connectivity index (χ0v) is 11.4. The number of carbonyl (C=O) groups is 2. The van der Waals surface area contributed by atoms with Crippen LogP contribution in [0.1, 0.15) is 18.9 Å². The molecule has 0 aliphatic carbocycles. The molecule has 1 aromatic carbocycles. The summed E-state index contributed by atoms with van der Waals surface area (Å²) in [6.07, 6.45) is 1.38. The van der Waals surface area contributed by atoms with Gasteiger partial charge in [0.1, 0.15) is 12.6 Å². The molecule has 108 valence electrons. The molecule has 20 heavy (non-hydrogen) atoms. The Kier molecular flexibility index (Phi) is 6.29. The van der Waals surface area contributed by atoms with Crippen LogP contribution in [0.5, 0.6) is 0 Å². The van der Waals surface area contributed by atoms with E-state index in [-0.39, 0.29) is 12.5 Å². The number of nitrogens with one attached hydrogen (secondary N) is 1. The van der Waals surface area contributed by atoms with Gasteiger partial charge in [0.25, 0.3) is 0 Å². The normalized spacial score (nSPS) is 13.1. The Labute approximate surface area is 118 Å². The lowest BCUT2D eigenvalue weighted by molar-refractivity contribution is -0.140. The van der Waals surface area contributed by atoms with Gasteiger partial charge >= 0.3 is 12.1 Å². The topological polar surface area (TPSA) is 75.6 Å². The van der Waals surface area contributed by atoms with Crippen LogP contribution in [0.3, 0.4) is 0 Å². The molecule has 2 atom stereocenters. The molecule has 0 fully saturated rings. The van der Waals surface area contributed by atoms with Crippen LogP contribution in [0.2, 0.25) is 0 Å². The van der Waals surface area contributed by atoms with E-state index >= 15 is 0 Å². The van der Waals surface area contributed by atoms with Crippen molar-refractivity contribution in [1.82, 2.24) is 5.32 Å². The minimum Gasteiger partial charge on any atom is -0.480 e. The third-order valence-electron chi connectivity index (χ3n) is 2.86. The Balaban J connectivity index is 2.50. The SMILES string of the molecule is C=CCC(C)C(NC(=O)OCc1ccccc1)C(=O)O. The molecule has 0 saturated heterocycles.